The molecule has 0 aromatic heterocycles. The van der Waals surface area contributed by atoms with Crippen molar-refractivity contribution >= 4 is 15.9 Å². The number of halogens is 1. The Morgan fingerprint density at radius 2 is 1.58 bits per heavy atom. The molecule has 0 aliphatic carbocycles. The smallest absolute Gasteiger partial charge is 0.120 e. The molecule has 2 aromatic carbocycles. The molecule has 2 nitrogen and oxygen atoms in total. The van der Waals surface area contributed by atoms with Crippen molar-refractivity contribution in [2.75, 3.05) is 7.11 Å². The fourth-order valence-electron chi connectivity index (χ4n) is 1.84. The van der Waals surface area contributed by atoms with Crippen molar-refractivity contribution in [1.82, 2.24) is 0 Å². The maximum Gasteiger partial charge on any atom is 0.120 e. The summed E-state index contributed by atoms with van der Waals surface area (Å²) in [5.74, 6) is 1.73. The van der Waals surface area contributed by atoms with Crippen LogP contribution in [0.1, 0.15) is 13.8 Å². The monoisotopic (exact) mass is 320 g/mol. The molecule has 3 heteroatoms. The van der Waals surface area contributed by atoms with Gasteiger partial charge in [0.25, 0.3) is 0 Å². The highest BCUT2D eigenvalue weighted by Crippen LogP contribution is 2.32. The highest BCUT2D eigenvalue weighted by Gasteiger charge is 2.06. The van der Waals surface area contributed by atoms with Crippen LogP contribution in [0.2, 0.25) is 0 Å². The van der Waals surface area contributed by atoms with E-state index < -0.39 is 0 Å². The summed E-state index contributed by atoms with van der Waals surface area (Å²) in [4.78, 5) is 0. The van der Waals surface area contributed by atoms with E-state index in [1.165, 1.54) is 0 Å². The molecule has 0 unspecified atom stereocenters. The van der Waals surface area contributed by atoms with E-state index in [4.69, 9.17) is 9.47 Å². The van der Waals surface area contributed by atoms with Crippen LogP contribution < -0.4 is 9.47 Å². The zero-order valence-corrected chi connectivity index (χ0v) is 12.9. The van der Waals surface area contributed by atoms with E-state index >= 15 is 0 Å². The Morgan fingerprint density at radius 1 is 0.947 bits per heavy atom. The van der Waals surface area contributed by atoms with Crippen molar-refractivity contribution in [2.24, 2.45) is 0 Å². The second-order valence-corrected chi connectivity index (χ2v) is 5.39. The first-order chi connectivity index (χ1) is 9.10. The van der Waals surface area contributed by atoms with E-state index in [0.29, 0.717) is 0 Å². The topological polar surface area (TPSA) is 18.5 Å². The van der Waals surface area contributed by atoms with Gasteiger partial charge in [0.05, 0.1) is 13.2 Å². The van der Waals surface area contributed by atoms with Gasteiger partial charge in [-0.15, -0.1) is 0 Å². The molecule has 0 bridgehead atoms. The van der Waals surface area contributed by atoms with Crippen LogP contribution in [0.25, 0.3) is 11.1 Å². The average Bonchev–Trinajstić information content (AvgIpc) is 2.40. The second kappa shape index (κ2) is 6.11. The summed E-state index contributed by atoms with van der Waals surface area (Å²) in [7, 11) is 1.67. The van der Waals surface area contributed by atoms with Crippen molar-refractivity contribution in [2.45, 2.75) is 20.0 Å². The molecule has 0 heterocycles. The molecule has 0 atom stereocenters. The second-order valence-electron chi connectivity index (χ2n) is 4.54. The van der Waals surface area contributed by atoms with Gasteiger partial charge in [-0.05, 0) is 55.3 Å². The lowest BCUT2D eigenvalue weighted by Crippen LogP contribution is -2.05. The van der Waals surface area contributed by atoms with Gasteiger partial charge in [-0.1, -0.05) is 28.1 Å². The van der Waals surface area contributed by atoms with Gasteiger partial charge in [0.1, 0.15) is 11.5 Å². The molecular formula is C16H17BrO2. The SMILES string of the molecule is COc1ccc(-c2cc(OC(C)C)ccc2Br)cc1. The minimum Gasteiger partial charge on any atom is -0.497 e. The Balaban J connectivity index is 2.36. The summed E-state index contributed by atoms with van der Waals surface area (Å²) >= 11 is 3.58. The molecule has 0 spiro atoms. The summed E-state index contributed by atoms with van der Waals surface area (Å²) in [6.45, 7) is 4.05. The van der Waals surface area contributed by atoms with Crippen LogP contribution in [-0.4, -0.2) is 13.2 Å². The molecule has 0 amide bonds. The first-order valence-electron chi connectivity index (χ1n) is 6.21. The van der Waals surface area contributed by atoms with Gasteiger partial charge in [0.2, 0.25) is 0 Å². The summed E-state index contributed by atoms with van der Waals surface area (Å²) in [5, 5.41) is 0. The first kappa shape index (κ1) is 13.9. The standard InChI is InChI=1S/C16H17BrO2/c1-11(2)19-14-8-9-16(17)15(10-14)12-4-6-13(18-3)7-5-12/h4-11H,1-3H3. The van der Waals surface area contributed by atoms with Crippen molar-refractivity contribution in [1.29, 1.82) is 0 Å². The van der Waals surface area contributed by atoms with Gasteiger partial charge in [-0.25, -0.2) is 0 Å². The summed E-state index contributed by atoms with van der Waals surface area (Å²) in [6.07, 6.45) is 0.171. The third kappa shape index (κ3) is 3.51. The van der Waals surface area contributed by atoms with Gasteiger partial charge >= 0.3 is 0 Å². The minimum absolute atomic E-state index is 0.171. The number of hydrogen-bond donors (Lipinski definition) is 0. The molecule has 0 fully saturated rings. The van der Waals surface area contributed by atoms with E-state index in [1.54, 1.807) is 7.11 Å². The maximum absolute atomic E-state index is 5.73. The van der Waals surface area contributed by atoms with Crippen molar-refractivity contribution in [3.05, 3.63) is 46.9 Å². The quantitative estimate of drug-likeness (QED) is 0.796. The lowest BCUT2D eigenvalue weighted by atomic mass is 10.1. The molecule has 2 rings (SSSR count). The molecule has 19 heavy (non-hydrogen) atoms. The molecule has 0 saturated carbocycles. The average molecular weight is 321 g/mol. The Bertz CT molecular complexity index is 547. The van der Waals surface area contributed by atoms with Crippen molar-refractivity contribution in [3.63, 3.8) is 0 Å². The number of hydrogen-bond acceptors (Lipinski definition) is 2. The first-order valence-corrected chi connectivity index (χ1v) is 7.00. The van der Waals surface area contributed by atoms with Crippen molar-refractivity contribution in [3.8, 4) is 22.6 Å². The molecule has 0 saturated heterocycles. The Kier molecular flexibility index (Phi) is 4.48. The van der Waals surface area contributed by atoms with E-state index in [0.717, 1.165) is 27.1 Å². The van der Waals surface area contributed by atoms with Crippen LogP contribution in [0.15, 0.2) is 46.9 Å². The third-order valence-corrected chi connectivity index (χ3v) is 3.40. The molecule has 0 aliphatic heterocycles. The van der Waals surface area contributed by atoms with Gasteiger partial charge in [0, 0.05) is 4.47 Å². The van der Waals surface area contributed by atoms with Crippen LogP contribution in [-0.2, 0) is 0 Å². The normalized spacial score (nSPS) is 10.6. The Labute approximate surface area is 122 Å². The van der Waals surface area contributed by atoms with Gasteiger partial charge in [-0.2, -0.15) is 0 Å². The zero-order chi connectivity index (χ0) is 13.8. The summed E-state index contributed by atoms with van der Waals surface area (Å²) in [6, 6.07) is 14.0. The van der Waals surface area contributed by atoms with Gasteiger partial charge < -0.3 is 9.47 Å². The summed E-state index contributed by atoms with van der Waals surface area (Å²) in [5.41, 5.74) is 2.24. The highest BCUT2D eigenvalue weighted by molar-refractivity contribution is 9.10. The van der Waals surface area contributed by atoms with Crippen LogP contribution in [0.5, 0.6) is 11.5 Å². The van der Waals surface area contributed by atoms with Crippen LogP contribution in [0, 0.1) is 0 Å². The van der Waals surface area contributed by atoms with Crippen LogP contribution in [0.4, 0.5) is 0 Å². The fourth-order valence-corrected chi connectivity index (χ4v) is 2.32. The summed E-state index contributed by atoms with van der Waals surface area (Å²) < 4.78 is 12.0. The third-order valence-electron chi connectivity index (χ3n) is 2.71. The lowest BCUT2D eigenvalue weighted by molar-refractivity contribution is 0.242. The van der Waals surface area contributed by atoms with E-state index in [-0.39, 0.29) is 6.10 Å². The predicted molar refractivity (Wildman–Crippen MR) is 81.9 cm³/mol. The number of ether oxygens (including phenoxy) is 2. The van der Waals surface area contributed by atoms with Gasteiger partial charge in [0.15, 0.2) is 0 Å². The predicted octanol–water partition coefficient (Wildman–Crippen LogP) is 4.91. The Hall–Kier alpha value is -1.48. The van der Waals surface area contributed by atoms with E-state index in [9.17, 15) is 0 Å². The minimum atomic E-state index is 0.171. The molecule has 0 aliphatic rings. The molecule has 0 N–H and O–H groups in total. The lowest BCUT2D eigenvalue weighted by Gasteiger charge is -2.12. The number of methoxy groups -OCH3 is 1. The molecule has 100 valence electrons. The van der Waals surface area contributed by atoms with E-state index in [2.05, 4.69) is 15.9 Å². The highest BCUT2D eigenvalue weighted by atomic mass is 79.9. The largest absolute Gasteiger partial charge is 0.497 e. The molecular weight excluding hydrogens is 304 g/mol. The van der Waals surface area contributed by atoms with Crippen LogP contribution >= 0.6 is 15.9 Å². The molecule has 2 aromatic rings. The Morgan fingerprint density at radius 3 is 2.16 bits per heavy atom. The van der Waals surface area contributed by atoms with Crippen LogP contribution in [0.3, 0.4) is 0 Å². The van der Waals surface area contributed by atoms with E-state index in [1.807, 2.05) is 56.3 Å². The van der Waals surface area contributed by atoms with Crippen molar-refractivity contribution < 1.29 is 9.47 Å². The van der Waals surface area contributed by atoms with Gasteiger partial charge in [-0.3, -0.25) is 0 Å². The number of rotatable bonds is 4. The number of benzene rings is 2. The maximum atomic E-state index is 5.73. The molecule has 0 radical (unpaired) electrons. The fraction of sp³-hybridized carbons (Fsp3) is 0.250. The zero-order valence-electron chi connectivity index (χ0n) is 11.3.